The SMILES string of the molecule is CCC(c1ccccc1)C(NC)c1ccc(C)c(C)c1. The Morgan fingerprint density at radius 3 is 2.15 bits per heavy atom. The monoisotopic (exact) mass is 267 g/mol. The van der Waals surface area contributed by atoms with Gasteiger partial charge in [0, 0.05) is 12.0 Å². The van der Waals surface area contributed by atoms with Crippen molar-refractivity contribution in [1.29, 1.82) is 0 Å². The van der Waals surface area contributed by atoms with E-state index in [4.69, 9.17) is 0 Å². The number of rotatable bonds is 5. The third-order valence-corrected chi connectivity index (χ3v) is 4.27. The number of hydrogen-bond donors (Lipinski definition) is 1. The molecule has 0 aromatic heterocycles. The molecule has 0 spiro atoms. The fourth-order valence-electron chi connectivity index (χ4n) is 2.92. The number of nitrogens with one attached hydrogen (secondary N) is 1. The maximum absolute atomic E-state index is 3.51. The normalized spacial score (nSPS) is 14.0. The molecular formula is C19H25N. The Morgan fingerprint density at radius 1 is 0.900 bits per heavy atom. The second kappa shape index (κ2) is 6.71. The van der Waals surface area contributed by atoms with Gasteiger partial charge in [-0.1, -0.05) is 55.5 Å². The van der Waals surface area contributed by atoms with Crippen LogP contribution in [0, 0.1) is 13.8 Å². The van der Waals surface area contributed by atoms with Gasteiger partial charge in [0.15, 0.2) is 0 Å². The van der Waals surface area contributed by atoms with Crippen LogP contribution in [0.4, 0.5) is 0 Å². The molecule has 0 radical (unpaired) electrons. The molecule has 0 bridgehead atoms. The lowest BCUT2D eigenvalue weighted by Gasteiger charge is -2.27. The van der Waals surface area contributed by atoms with Crippen molar-refractivity contribution in [2.24, 2.45) is 0 Å². The van der Waals surface area contributed by atoms with Gasteiger partial charge in [0.25, 0.3) is 0 Å². The molecule has 2 aromatic rings. The fourth-order valence-corrected chi connectivity index (χ4v) is 2.92. The number of hydrogen-bond acceptors (Lipinski definition) is 1. The first-order valence-electron chi connectivity index (χ1n) is 7.46. The van der Waals surface area contributed by atoms with E-state index >= 15 is 0 Å². The van der Waals surface area contributed by atoms with Crippen LogP contribution in [-0.4, -0.2) is 7.05 Å². The summed E-state index contributed by atoms with van der Waals surface area (Å²) < 4.78 is 0. The molecule has 2 aromatic carbocycles. The second-order valence-electron chi connectivity index (χ2n) is 5.54. The summed E-state index contributed by atoms with van der Waals surface area (Å²) in [5.41, 5.74) is 5.51. The molecular weight excluding hydrogens is 242 g/mol. The van der Waals surface area contributed by atoms with Crippen LogP contribution in [0.5, 0.6) is 0 Å². The second-order valence-corrected chi connectivity index (χ2v) is 5.54. The van der Waals surface area contributed by atoms with Crippen LogP contribution in [0.3, 0.4) is 0 Å². The summed E-state index contributed by atoms with van der Waals surface area (Å²) >= 11 is 0. The highest BCUT2D eigenvalue weighted by Crippen LogP contribution is 2.33. The van der Waals surface area contributed by atoms with E-state index in [1.807, 2.05) is 0 Å². The first-order chi connectivity index (χ1) is 9.67. The molecule has 0 aliphatic carbocycles. The van der Waals surface area contributed by atoms with Gasteiger partial charge in [0.05, 0.1) is 0 Å². The highest BCUT2D eigenvalue weighted by atomic mass is 14.9. The molecule has 20 heavy (non-hydrogen) atoms. The molecule has 1 nitrogen and oxygen atoms in total. The average Bonchev–Trinajstić information content (AvgIpc) is 2.48. The maximum Gasteiger partial charge on any atom is 0.0387 e. The van der Waals surface area contributed by atoms with E-state index in [1.165, 1.54) is 22.3 Å². The predicted molar refractivity (Wildman–Crippen MR) is 87.2 cm³/mol. The summed E-state index contributed by atoms with van der Waals surface area (Å²) in [6, 6.07) is 18.0. The Balaban J connectivity index is 2.36. The highest BCUT2D eigenvalue weighted by Gasteiger charge is 2.21. The van der Waals surface area contributed by atoms with Crippen molar-refractivity contribution in [3.05, 3.63) is 70.8 Å². The van der Waals surface area contributed by atoms with Gasteiger partial charge in [-0.15, -0.1) is 0 Å². The van der Waals surface area contributed by atoms with Crippen LogP contribution >= 0.6 is 0 Å². The molecule has 0 aliphatic heterocycles. The summed E-state index contributed by atoms with van der Waals surface area (Å²) in [5.74, 6) is 0.503. The van der Waals surface area contributed by atoms with Gasteiger partial charge in [-0.3, -0.25) is 0 Å². The molecule has 0 aliphatic rings. The summed E-state index contributed by atoms with van der Waals surface area (Å²) in [7, 11) is 2.06. The number of benzene rings is 2. The number of likely N-dealkylation sites (N-methyl/N-ethyl adjacent to an activating group) is 1. The fraction of sp³-hybridized carbons (Fsp3) is 0.368. The average molecular weight is 267 g/mol. The quantitative estimate of drug-likeness (QED) is 0.823. The standard InChI is InChI=1S/C19H25N/c1-5-18(16-9-7-6-8-10-16)19(20-4)17-12-11-14(2)15(3)13-17/h6-13,18-20H,5H2,1-4H3. The molecule has 0 fully saturated rings. The summed E-state index contributed by atoms with van der Waals surface area (Å²) in [4.78, 5) is 0. The van der Waals surface area contributed by atoms with Crippen molar-refractivity contribution < 1.29 is 0 Å². The van der Waals surface area contributed by atoms with Gasteiger partial charge >= 0.3 is 0 Å². The van der Waals surface area contributed by atoms with Crippen LogP contribution < -0.4 is 5.32 Å². The Kier molecular flexibility index (Phi) is 4.97. The van der Waals surface area contributed by atoms with Gasteiger partial charge in [-0.05, 0) is 49.6 Å². The summed E-state index contributed by atoms with van der Waals surface area (Å²) in [6.07, 6.45) is 1.13. The van der Waals surface area contributed by atoms with E-state index < -0.39 is 0 Å². The van der Waals surface area contributed by atoms with E-state index in [9.17, 15) is 0 Å². The Morgan fingerprint density at radius 2 is 1.60 bits per heavy atom. The molecule has 0 heterocycles. The maximum atomic E-state index is 3.51. The third kappa shape index (κ3) is 3.10. The molecule has 0 amide bonds. The van der Waals surface area contributed by atoms with Crippen LogP contribution in [0.1, 0.15) is 47.6 Å². The minimum atomic E-state index is 0.363. The lowest BCUT2D eigenvalue weighted by Crippen LogP contribution is -2.23. The molecule has 2 rings (SSSR count). The smallest absolute Gasteiger partial charge is 0.0387 e. The molecule has 1 heteroatoms. The summed E-state index contributed by atoms with van der Waals surface area (Å²) in [6.45, 7) is 6.63. The lowest BCUT2D eigenvalue weighted by atomic mass is 9.84. The largest absolute Gasteiger partial charge is 0.312 e. The van der Waals surface area contributed by atoms with Crippen molar-refractivity contribution >= 4 is 0 Å². The molecule has 0 saturated heterocycles. The van der Waals surface area contributed by atoms with Crippen molar-refractivity contribution in [3.63, 3.8) is 0 Å². The molecule has 1 N–H and O–H groups in total. The van der Waals surface area contributed by atoms with E-state index in [0.29, 0.717) is 12.0 Å². The van der Waals surface area contributed by atoms with Crippen molar-refractivity contribution in [2.75, 3.05) is 7.05 Å². The van der Waals surface area contributed by atoms with Crippen molar-refractivity contribution in [3.8, 4) is 0 Å². The molecule has 0 saturated carbocycles. The molecule has 106 valence electrons. The zero-order chi connectivity index (χ0) is 14.5. The molecule has 2 atom stereocenters. The van der Waals surface area contributed by atoms with Crippen LogP contribution in [-0.2, 0) is 0 Å². The van der Waals surface area contributed by atoms with Gasteiger partial charge in [-0.2, -0.15) is 0 Å². The third-order valence-electron chi connectivity index (χ3n) is 4.27. The van der Waals surface area contributed by atoms with Crippen LogP contribution in [0.15, 0.2) is 48.5 Å². The highest BCUT2D eigenvalue weighted by molar-refractivity contribution is 5.34. The Hall–Kier alpha value is -1.60. The van der Waals surface area contributed by atoms with Crippen molar-refractivity contribution in [2.45, 2.75) is 39.2 Å². The van der Waals surface area contributed by atoms with Crippen LogP contribution in [0.25, 0.3) is 0 Å². The topological polar surface area (TPSA) is 12.0 Å². The first-order valence-corrected chi connectivity index (χ1v) is 7.46. The summed E-state index contributed by atoms with van der Waals surface area (Å²) in [5, 5.41) is 3.51. The Labute approximate surface area is 123 Å². The lowest BCUT2D eigenvalue weighted by molar-refractivity contribution is 0.468. The van der Waals surface area contributed by atoms with Crippen molar-refractivity contribution in [1.82, 2.24) is 5.32 Å². The van der Waals surface area contributed by atoms with Gasteiger partial charge in [0.2, 0.25) is 0 Å². The number of aryl methyl sites for hydroxylation is 2. The van der Waals surface area contributed by atoms with E-state index in [1.54, 1.807) is 0 Å². The van der Waals surface area contributed by atoms with Gasteiger partial charge in [-0.25, -0.2) is 0 Å². The van der Waals surface area contributed by atoms with Crippen LogP contribution in [0.2, 0.25) is 0 Å². The van der Waals surface area contributed by atoms with Gasteiger partial charge < -0.3 is 5.32 Å². The van der Waals surface area contributed by atoms with E-state index in [-0.39, 0.29) is 0 Å². The van der Waals surface area contributed by atoms with E-state index in [0.717, 1.165) is 6.42 Å². The first kappa shape index (κ1) is 14.8. The van der Waals surface area contributed by atoms with Gasteiger partial charge in [0.1, 0.15) is 0 Å². The predicted octanol–water partition coefficient (Wildman–Crippen LogP) is 4.76. The Bertz CT molecular complexity index is 545. The minimum absolute atomic E-state index is 0.363. The zero-order valence-electron chi connectivity index (χ0n) is 13.0. The van der Waals surface area contributed by atoms with E-state index in [2.05, 4.69) is 81.7 Å². The molecule has 2 unspecified atom stereocenters. The zero-order valence-corrected chi connectivity index (χ0v) is 13.0. The minimum Gasteiger partial charge on any atom is -0.312 e.